The molecule has 0 aliphatic carbocycles. The van der Waals surface area contributed by atoms with Crippen LogP contribution in [0, 0.1) is 5.82 Å². The number of pyridine rings is 1. The molecule has 2 aromatic heterocycles. The van der Waals surface area contributed by atoms with Crippen molar-refractivity contribution in [3.8, 4) is 11.1 Å². The molecule has 0 saturated carbocycles. The van der Waals surface area contributed by atoms with E-state index in [1.807, 2.05) is 0 Å². The van der Waals surface area contributed by atoms with E-state index in [0.29, 0.717) is 30.6 Å². The van der Waals surface area contributed by atoms with Crippen molar-refractivity contribution in [3.05, 3.63) is 94.7 Å². The van der Waals surface area contributed by atoms with Crippen LogP contribution in [-0.4, -0.2) is 33.3 Å². The van der Waals surface area contributed by atoms with Crippen LogP contribution < -0.4 is 0 Å². The number of fused-ring (bicyclic) bond motifs is 1. The summed E-state index contributed by atoms with van der Waals surface area (Å²) >= 11 is 6.42. The van der Waals surface area contributed by atoms with Crippen LogP contribution in [0.4, 0.5) is 17.6 Å². The number of likely N-dealkylation sites (tertiary alicyclic amines) is 1. The second kappa shape index (κ2) is 8.43. The first-order valence-electron chi connectivity index (χ1n) is 10.6. The van der Waals surface area contributed by atoms with Crippen molar-refractivity contribution < 1.29 is 22.4 Å². The Morgan fingerprint density at radius 2 is 1.79 bits per heavy atom. The zero-order valence-electron chi connectivity index (χ0n) is 17.7. The van der Waals surface area contributed by atoms with Crippen LogP contribution in [0.2, 0.25) is 5.15 Å². The third-order valence-corrected chi connectivity index (χ3v) is 6.43. The number of imidazole rings is 1. The van der Waals surface area contributed by atoms with Crippen molar-refractivity contribution in [1.82, 2.24) is 14.3 Å². The summed E-state index contributed by atoms with van der Waals surface area (Å²) in [5.74, 6) is -0.993. The summed E-state index contributed by atoms with van der Waals surface area (Å²) in [7, 11) is 0. The topological polar surface area (TPSA) is 37.6 Å². The maximum Gasteiger partial charge on any atom is 0.420 e. The maximum absolute atomic E-state index is 13.9. The van der Waals surface area contributed by atoms with Crippen LogP contribution >= 0.6 is 11.6 Å². The van der Waals surface area contributed by atoms with Crippen molar-refractivity contribution >= 4 is 23.2 Å². The Hall–Kier alpha value is -3.39. The van der Waals surface area contributed by atoms with Crippen LogP contribution in [-0.2, 0) is 6.18 Å². The molecule has 2 aromatic carbocycles. The Morgan fingerprint density at radius 1 is 1.03 bits per heavy atom. The number of rotatable bonds is 3. The van der Waals surface area contributed by atoms with Crippen LogP contribution in [0.15, 0.2) is 66.9 Å². The van der Waals surface area contributed by atoms with Gasteiger partial charge in [-0.05, 0) is 41.3 Å². The van der Waals surface area contributed by atoms with Gasteiger partial charge >= 0.3 is 6.18 Å². The molecule has 174 valence electrons. The van der Waals surface area contributed by atoms with E-state index in [9.17, 15) is 22.4 Å². The summed E-state index contributed by atoms with van der Waals surface area (Å²) < 4.78 is 56.4. The minimum atomic E-state index is -4.70. The first-order valence-corrected chi connectivity index (χ1v) is 11.0. The number of halogens is 5. The highest BCUT2D eigenvalue weighted by Gasteiger charge is 2.37. The Morgan fingerprint density at radius 3 is 2.50 bits per heavy atom. The predicted octanol–water partition coefficient (Wildman–Crippen LogP) is 6.44. The lowest BCUT2D eigenvalue weighted by atomic mass is 9.98. The molecule has 9 heteroatoms. The molecule has 34 heavy (non-hydrogen) atoms. The molecule has 1 unspecified atom stereocenters. The molecular formula is C25H18ClF4N3O. The van der Waals surface area contributed by atoms with E-state index >= 15 is 0 Å². The van der Waals surface area contributed by atoms with Gasteiger partial charge in [0.2, 0.25) is 0 Å². The van der Waals surface area contributed by atoms with E-state index in [1.165, 1.54) is 23.2 Å². The molecule has 0 spiro atoms. The number of benzene rings is 2. The van der Waals surface area contributed by atoms with Gasteiger partial charge in [-0.25, -0.2) is 9.37 Å². The van der Waals surface area contributed by atoms with E-state index in [4.69, 9.17) is 11.6 Å². The van der Waals surface area contributed by atoms with Crippen LogP contribution in [0.1, 0.15) is 34.0 Å². The molecule has 1 amide bonds. The van der Waals surface area contributed by atoms with E-state index in [1.54, 1.807) is 42.5 Å². The maximum atomic E-state index is 13.9. The number of alkyl halides is 3. The minimum Gasteiger partial charge on any atom is -0.337 e. The number of carbonyl (C=O) groups is 1. The molecule has 1 fully saturated rings. The lowest BCUT2D eigenvalue weighted by molar-refractivity contribution is -0.136. The lowest BCUT2D eigenvalue weighted by Crippen LogP contribution is -2.29. The molecule has 1 saturated heterocycles. The van der Waals surface area contributed by atoms with Gasteiger partial charge in [0.25, 0.3) is 5.91 Å². The van der Waals surface area contributed by atoms with Gasteiger partial charge in [0.05, 0.1) is 5.56 Å². The van der Waals surface area contributed by atoms with E-state index < -0.39 is 23.3 Å². The fourth-order valence-corrected chi connectivity index (χ4v) is 4.63. The fraction of sp³-hybridized carbons (Fsp3) is 0.200. The fourth-order valence-electron chi connectivity index (χ4n) is 4.38. The monoisotopic (exact) mass is 487 g/mol. The van der Waals surface area contributed by atoms with Gasteiger partial charge < -0.3 is 4.90 Å². The Balaban J connectivity index is 1.53. The number of aromatic nitrogens is 2. The Labute approximate surface area is 197 Å². The molecule has 5 rings (SSSR count). The van der Waals surface area contributed by atoms with Crippen molar-refractivity contribution in [2.24, 2.45) is 0 Å². The van der Waals surface area contributed by atoms with Gasteiger partial charge in [-0.3, -0.25) is 9.20 Å². The van der Waals surface area contributed by atoms with Gasteiger partial charge in [-0.2, -0.15) is 13.2 Å². The number of nitrogens with zero attached hydrogens (tertiary/aromatic N) is 3. The molecular weight excluding hydrogens is 470 g/mol. The molecule has 1 aliphatic heterocycles. The summed E-state index contributed by atoms with van der Waals surface area (Å²) in [5.41, 5.74) is -0.00751. The van der Waals surface area contributed by atoms with Crippen LogP contribution in [0.5, 0.6) is 0 Å². The highest BCUT2D eigenvalue weighted by Crippen LogP contribution is 2.37. The largest absolute Gasteiger partial charge is 0.420 e. The Bertz CT molecular complexity index is 1380. The zero-order chi connectivity index (χ0) is 24.0. The van der Waals surface area contributed by atoms with Gasteiger partial charge in [0.15, 0.2) is 11.3 Å². The summed E-state index contributed by atoms with van der Waals surface area (Å²) in [4.78, 5) is 18.7. The van der Waals surface area contributed by atoms with E-state index in [-0.39, 0.29) is 22.6 Å². The first kappa shape index (κ1) is 22.4. The van der Waals surface area contributed by atoms with Crippen molar-refractivity contribution in [1.29, 1.82) is 0 Å². The smallest absolute Gasteiger partial charge is 0.337 e. The van der Waals surface area contributed by atoms with Gasteiger partial charge in [0.1, 0.15) is 11.0 Å². The quantitative estimate of drug-likeness (QED) is 0.312. The molecule has 0 radical (unpaired) electrons. The second-order valence-electron chi connectivity index (χ2n) is 8.24. The molecule has 1 aliphatic rings. The molecule has 1 atom stereocenters. The van der Waals surface area contributed by atoms with Crippen LogP contribution in [0.25, 0.3) is 16.8 Å². The highest BCUT2D eigenvalue weighted by molar-refractivity contribution is 6.33. The summed E-state index contributed by atoms with van der Waals surface area (Å²) in [6.07, 6.45) is -2.64. The summed E-state index contributed by atoms with van der Waals surface area (Å²) in [6.45, 7) is 0.666. The highest BCUT2D eigenvalue weighted by atomic mass is 35.5. The van der Waals surface area contributed by atoms with Crippen molar-refractivity contribution in [2.75, 3.05) is 13.1 Å². The van der Waals surface area contributed by atoms with Gasteiger partial charge in [-0.1, -0.05) is 54.1 Å². The average molecular weight is 488 g/mol. The average Bonchev–Trinajstić information content (AvgIpc) is 3.44. The number of amides is 1. The SMILES string of the molecule is O=C(c1nc2c(C(F)(F)F)cc(-c3ccccc3)cn2c1Cl)N1CCC(c2cccc(F)c2)C1. The molecule has 4 nitrogen and oxygen atoms in total. The summed E-state index contributed by atoms with van der Waals surface area (Å²) in [5, 5.41) is -0.183. The Kier molecular flexibility index (Phi) is 5.56. The summed E-state index contributed by atoms with van der Waals surface area (Å²) in [6, 6.07) is 15.8. The molecule has 0 N–H and O–H groups in total. The van der Waals surface area contributed by atoms with Gasteiger partial charge in [-0.15, -0.1) is 0 Å². The van der Waals surface area contributed by atoms with Gasteiger partial charge in [0, 0.05) is 25.2 Å². The lowest BCUT2D eigenvalue weighted by Gasteiger charge is -2.15. The van der Waals surface area contributed by atoms with Crippen molar-refractivity contribution in [3.63, 3.8) is 0 Å². The van der Waals surface area contributed by atoms with E-state index in [2.05, 4.69) is 4.98 Å². The molecule has 4 aromatic rings. The predicted molar refractivity (Wildman–Crippen MR) is 120 cm³/mol. The second-order valence-corrected chi connectivity index (χ2v) is 8.60. The molecule has 0 bridgehead atoms. The standard InChI is InChI=1S/C25H18ClF4N3O/c26-22-21(24(34)32-10-9-17(13-32)16-7-4-8-19(27)11-16)31-23-20(25(28,29)30)12-18(14-33(22)23)15-5-2-1-3-6-15/h1-8,11-12,14,17H,9-10,13H2. The number of hydrogen-bond donors (Lipinski definition) is 0. The third kappa shape index (κ3) is 4.03. The first-order chi connectivity index (χ1) is 16.2. The van der Waals surface area contributed by atoms with Crippen LogP contribution in [0.3, 0.4) is 0 Å². The minimum absolute atomic E-state index is 0.0779. The van der Waals surface area contributed by atoms with E-state index in [0.717, 1.165) is 16.0 Å². The normalized spacial score (nSPS) is 16.4. The third-order valence-electron chi connectivity index (χ3n) is 6.07. The zero-order valence-corrected chi connectivity index (χ0v) is 18.4. The number of carbonyl (C=O) groups excluding carboxylic acids is 1. The van der Waals surface area contributed by atoms with Crippen molar-refractivity contribution in [2.45, 2.75) is 18.5 Å². The number of hydrogen-bond acceptors (Lipinski definition) is 2. The molecule has 3 heterocycles.